The Morgan fingerprint density at radius 3 is 3.00 bits per heavy atom. The number of aliphatic hydroxyl groups excluding tert-OH is 1. The van der Waals surface area contributed by atoms with Gasteiger partial charge < -0.3 is 14.3 Å². The van der Waals surface area contributed by atoms with E-state index in [9.17, 15) is 0 Å². The van der Waals surface area contributed by atoms with Crippen molar-refractivity contribution in [1.29, 1.82) is 0 Å². The highest BCUT2D eigenvalue weighted by molar-refractivity contribution is 5.64. The molecule has 0 aromatic carbocycles. The molecule has 2 rings (SSSR count). The van der Waals surface area contributed by atoms with E-state index in [-0.39, 0.29) is 6.61 Å². The second-order valence-electron chi connectivity index (χ2n) is 3.40. The van der Waals surface area contributed by atoms with Gasteiger partial charge in [0.1, 0.15) is 11.5 Å². The maximum Gasteiger partial charge on any atom is 0.137 e. The Bertz CT molecular complexity index is 350. The van der Waals surface area contributed by atoms with Gasteiger partial charge in [0.25, 0.3) is 0 Å². The first-order valence-corrected chi connectivity index (χ1v) is 5.11. The monoisotopic (exact) mass is 206 g/mol. The molecule has 3 nitrogen and oxygen atoms in total. The molecule has 0 saturated heterocycles. The molecule has 0 spiro atoms. The Labute approximate surface area is 88.6 Å². The summed E-state index contributed by atoms with van der Waals surface area (Å²) in [4.78, 5) is 0. The van der Waals surface area contributed by atoms with Crippen LogP contribution in [0.15, 0.2) is 34.9 Å². The summed E-state index contributed by atoms with van der Waals surface area (Å²) in [5.41, 5.74) is 1.05. The van der Waals surface area contributed by atoms with Crippen molar-refractivity contribution >= 4 is 0 Å². The molecular weight excluding hydrogens is 192 g/mol. The maximum absolute atomic E-state index is 8.61. The highest BCUT2D eigenvalue weighted by Crippen LogP contribution is 2.30. The molecule has 15 heavy (non-hydrogen) atoms. The normalized spacial score (nSPS) is 10.7. The Balaban J connectivity index is 1.95. The smallest absolute Gasteiger partial charge is 0.137 e. The van der Waals surface area contributed by atoms with Gasteiger partial charge in [0.2, 0.25) is 0 Å². The van der Waals surface area contributed by atoms with Gasteiger partial charge in [-0.25, -0.2) is 0 Å². The van der Waals surface area contributed by atoms with E-state index in [1.54, 1.807) is 6.26 Å². The quantitative estimate of drug-likeness (QED) is 0.764. The predicted molar refractivity (Wildman–Crippen MR) is 57.1 cm³/mol. The third kappa shape index (κ3) is 2.50. The third-order valence-electron chi connectivity index (χ3n) is 2.23. The van der Waals surface area contributed by atoms with Gasteiger partial charge in [-0.1, -0.05) is 0 Å². The van der Waals surface area contributed by atoms with Crippen molar-refractivity contribution in [3.05, 3.63) is 30.5 Å². The van der Waals surface area contributed by atoms with Crippen LogP contribution in [0.5, 0.6) is 5.75 Å². The van der Waals surface area contributed by atoms with Crippen LogP contribution in [0.3, 0.4) is 0 Å². The van der Waals surface area contributed by atoms with Crippen molar-refractivity contribution in [2.45, 2.75) is 12.8 Å². The summed E-state index contributed by atoms with van der Waals surface area (Å²) in [6.45, 7) is 0.860. The molecule has 2 aliphatic rings. The first kappa shape index (κ1) is 10.1. The van der Waals surface area contributed by atoms with Crippen molar-refractivity contribution in [2.24, 2.45) is 0 Å². The van der Waals surface area contributed by atoms with Gasteiger partial charge in [0.05, 0.1) is 12.9 Å². The van der Waals surface area contributed by atoms with Crippen LogP contribution < -0.4 is 4.74 Å². The molecule has 0 unspecified atom stereocenters. The number of fused-ring (bicyclic) bond motifs is 1. The Morgan fingerprint density at radius 2 is 2.20 bits per heavy atom. The standard InChI is InChI=1S/C12H14O3/c13-5-1-2-6-14-11-8-10-4-3-7-15-12(10)9-11/h3-4,7-9,13H,1-2,5-6H2. The Kier molecular flexibility index (Phi) is 3.25. The zero-order valence-electron chi connectivity index (χ0n) is 8.48. The van der Waals surface area contributed by atoms with Crippen molar-refractivity contribution in [1.82, 2.24) is 0 Å². The van der Waals surface area contributed by atoms with E-state index in [0.717, 1.165) is 29.9 Å². The predicted octanol–water partition coefficient (Wildman–Crippen LogP) is 2.54. The molecule has 1 heterocycles. The summed E-state index contributed by atoms with van der Waals surface area (Å²) in [5, 5.41) is 8.61. The van der Waals surface area contributed by atoms with Crippen LogP contribution in [0.1, 0.15) is 12.8 Å². The van der Waals surface area contributed by atoms with Gasteiger partial charge in [0, 0.05) is 18.2 Å². The summed E-state index contributed by atoms with van der Waals surface area (Å²) < 4.78 is 10.8. The second kappa shape index (κ2) is 4.84. The van der Waals surface area contributed by atoms with Crippen LogP contribution in [0, 0.1) is 0 Å². The molecule has 0 radical (unpaired) electrons. The first-order chi connectivity index (χ1) is 7.40. The lowest BCUT2D eigenvalue weighted by atomic mass is 10.3. The lowest BCUT2D eigenvalue weighted by molar-refractivity contribution is 0.253. The number of ether oxygens (including phenoxy) is 1. The van der Waals surface area contributed by atoms with E-state index >= 15 is 0 Å². The molecule has 0 aromatic rings. The fourth-order valence-electron chi connectivity index (χ4n) is 1.45. The second-order valence-corrected chi connectivity index (χ2v) is 3.40. The number of unbranched alkanes of at least 4 members (excludes halogenated alkanes) is 1. The molecular formula is C12H14O3. The minimum Gasteiger partial charge on any atom is -0.493 e. The fourth-order valence-corrected chi connectivity index (χ4v) is 1.45. The van der Waals surface area contributed by atoms with Crippen molar-refractivity contribution in [2.75, 3.05) is 13.2 Å². The molecule has 80 valence electrons. The van der Waals surface area contributed by atoms with Crippen LogP contribution in [0.2, 0.25) is 0 Å². The minimum absolute atomic E-state index is 0.224. The van der Waals surface area contributed by atoms with Crippen molar-refractivity contribution < 1.29 is 14.3 Å². The van der Waals surface area contributed by atoms with Crippen LogP contribution in [0.4, 0.5) is 0 Å². The highest BCUT2D eigenvalue weighted by Gasteiger charge is 2.08. The largest absolute Gasteiger partial charge is 0.493 e. The van der Waals surface area contributed by atoms with Gasteiger partial charge in [-0.2, -0.15) is 0 Å². The van der Waals surface area contributed by atoms with E-state index in [1.165, 1.54) is 0 Å². The number of aliphatic hydroxyl groups is 1. The highest BCUT2D eigenvalue weighted by atomic mass is 16.5. The van der Waals surface area contributed by atoms with Crippen LogP contribution >= 0.6 is 0 Å². The molecule has 0 fully saturated rings. The lowest BCUT2D eigenvalue weighted by Crippen LogP contribution is -1.97. The van der Waals surface area contributed by atoms with Crippen LogP contribution in [0.25, 0.3) is 11.3 Å². The SMILES string of the molecule is OCCCCOc1cc2cccoc-2c1. The minimum atomic E-state index is 0.224. The van der Waals surface area contributed by atoms with Gasteiger partial charge in [0.15, 0.2) is 0 Å². The van der Waals surface area contributed by atoms with Gasteiger partial charge in [-0.05, 0) is 31.0 Å². The Hall–Kier alpha value is -1.48. The number of hydrogen-bond acceptors (Lipinski definition) is 3. The average molecular weight is 206 g/mol. The van der Waals surface area contributed by atoms with Gasteiger partial charge >= 0.3 is 0 Å². The summed E-state index contributed by atoms with van der Waals surface area (Å²) >= 11 is 0. The third-order valence-corrected chi connectivity index (χ3v) is 2.23. The van der Waals surface area contributed by atoms with Gasteiger partial charge in [-0.3, -0.25) is 0 Å². The topological polar surface area (TPSA) is 42.6 Å². The summed E-state index contributed by atoms with van der Waals surface area (Å²) in [6, 6.07) is 7.68. The van der Waals surface area contributed by atoms with Gasteiger partial charge in [-0.15, -0.1) is 0 Å². The average Bonchev–Trinajstić information content (AvgIpc) is 2.67. The van der Waals surface area contributed by atoms with E-state index < -0.39 is 0 Å². The molecule has 1 N–H and O–H groups in total. The van der Waals surface area contributed by atoms with Crippen molar-refractivity contribution in [3.63, 3.8) is 0 Å². The number of hydrogen-bond donors (Lipinski definition) is 1. The van der Waals surface area contributed by atoms with E-state index in [1.807, 2.05) is 24.3 Å². The Morgan fingerprint density at radius 1 is 1.27 bits per heavy atom. The molecule has 0 amide bonds. The molecule has 1 aliphatic carbocycles. The molecule has 0 atom stereocenters. The van der Waals surface area contributed by atoms with E-state index in [0.29, 0.717) is 6.61 Å². The summed E-state index contributed by atoms with van der Waals surface area (Å²) in [6.07, 6.45) is 3.30. The molecule has 0 saturated carbocycles. The summed E-state index contributed by atoms with van der Waals surface area (Å²) in [7, 11) is 0. The zero-order chi connectivity index (χ0) is 10.5. The lowest BCUT2D eigenvalue weighted by Gasteiger charge is -2.01. The fraction of sp³-hybridized carbons (Fsp3) is 0.333. The van der Waals surface area contributed by atoms with E-state index in [2.05, 4.69) is 0 Å². The van der Waals surface area contributed by atoms with E-state index in [4.69, 9.17) is 14.3 Å². The molecule has 0 aromatic heterocycles. The van der Waals surface area contributed by atoms with Crippen LogP contribution in [-0.2, 0) is 0 Å². The summed E-state index contributed by atoms with van der Waals surface area (Å²) in [5.74, 6) is 1.67. The molecule has 1 aliphatic heterocycles. The first-order valence-electron chi connectivity index (χ1n) is 5.11. The molecule has 3 heteroatoms. The van der Waals surface area contributed by atoms with Crippen LogP contribution in [-0.4, -0.2) is 18.3 Å². The maximum atomic E-state index is 8.61. The zero-order valence-corrected chi connectivity index (χ0v) is 8.48. The number of rotatable bonds is 5. The molecule has 0 bridgehead atoms. The van der Waals surface area contributed by atoms with Crippen molar-refractivity contribution in [3.8, 4) is 17.1 Å².